The summed E-state index contributed by atoms with van der Waals surface area (Å²) in [6.07, 6.45) is 1.95. The van der Waals surface area contributed by atoms with Crippen LogP contribution in [0.5, 0.6) is 0 Å². The molecule has 9 heteroatoms. The molecule has 1 atom stereocenters. The van der Waals surface area contributed by atoms with E-state index in [-0.39, 0.29) is 35.6 Å². The van der Waals surface area contributed by atoms with Crippen LogP contribution in [0.4, 0.5) is 11.4 Å². The number of ether oxygens (including phenoxy) is 1. The molecule has 0 aromatic heterocycles. The SMILES string of the molecule is Cc1cc(C)cc(N2CCN(C(=O)c3ccc(N4CC(C(=O)N5CCC(c6ccccc6)(N6CCOCC6)CC5)CC4=O)cc3)CC2)c1. The zero-order valence-corrected chi connectivity index (χ0v) is 28.3. The van der Waals surface area contributed by atoms with Gasteiger partial charge in [0.2, 0.25) is 11.8 Å². The molecule has 48 heavy (non-hydrogen) atoms. The van der Waals surface area contributed by atoms with Gasteiger partial charge >= 0.3 is 0 Å². The molecule has 4 heterocycles. The second-order valence-corrected chi connectivity index (χ2v) is 13.9. The highest BCUT2D eigenvalue weighted by Crippen LogP contribution is 2.40. The first-order chi connectivity index (χ1) is 23.3. The van der Waals surface area contributed by atoms with Crippen molar-refractivity contribution in [1.29, 1.82) is 0 Å². The molecule has 3 amide bonds. The Balaban J connectivity index is 0.947. The molecule has 0 N–H and O–H groups in total. The minimum atomic E-state index is -0.361. The highest BCUT2D eigenvalue weighted by molar-refractivity contribution is 6.01. The van der Waals surface area contributed by atoms with E-state index in [2.05, 4.69) is 72.2 Å². The van der Waals surface area contributed by atoms with Gasteiger partial charge in [-0.15, -0.1) is 0 Å². The van der Waals surface area contributed by atoms with Crippen molar-refractivity contribution in [2.24, 2.45) is 5.92 Å². The summed E-state index contributed by atoms with van der Waals surface area (Å²) in [5.74, 6) is -0.323. The molecule has 3 aromatic rings. The number of piperazine rings is 1. The number of hydrogen-bond donors (Lipinski definition) is 0. The predicted molar refractivity (Wildman–Crippen MR) is 187 cm³/mol. The molecule has 0 aliphatic carbocycles. The number of rotatable bonds is 6. The van der Waals surface area contributed by atoms with Crippen LogP contribution in [0.1, 0.15) is 46.3 Å². The lowest BCUT2D eigenvalue weighted by Crippen LogP contribution is -2.57. The number of likely N-dealkylation sites (tertiary alicyclic amines) is 1. The zero-order chi connectivity index (χ0) is 33.3. The van der Waals surface area contributed by atoms with Crippen molar-refractivity contribution in [2.45, 2.75) is 38.6 Å². The fourth-order valence-electron chi connectivity index (χ4n) is 8.27. The predicted octanol–water partition coefficient (Wildman–Crippen LogP) is 4.47. The second-order valence-electron chi connectivity index (χ2n) is 13.9. The number of aryl methyl sites for hydroxylation is 2. The number of hydrogen-bond acceptors (Lipinski definition) is 6. The number of carbonyl (C=O) groups excluding carboxylic acids is 3. The van der Waals surface area contributed by atoms with Gasteiger partial charge in [-0.1, -0.05) is 36.4 Å². The summed E-state index contributed by atoms with van der Waals surface area (Å²) in [5.41, 5.74) is 6.26. The third-order valence-corrected chi connectivity index (χ3v) is 10.9. The van der Waals surface area contributed by atoms with Gasteiger partial charge in [-0.3, -0.25) is 19.3 Å². The van der Waals surface area contributed by atoms with Crippen LogP contribution in [0.25, 0.3) is 0 Å². The van der Waals surface area contributed by atoms with Crippen molar-refractivity contribution in [3.63, 3.8) is 0 Å². The molecule has 0 spiro atoms. The second kappa shape index (κ2) is 13.7. The van der Waals surface area contributed by atoms with Gasteiger partial charge in [0.1, 0.15) is 0 Å². The van der Waals surface area contributed by atoms with Crippen LogP contribution in [0.2, 0.25) is 0 Å². The Morgan fingerprint density at radius 2 is 1.38 bits per heavy atom. The molecule has 4 fully saturated rings. The van der Waals surface area contributed by atoms with Crippen LogP contribution < -0.4 is 9.80 Å². The molecule has 7 rings (SSSR count). The number of carbonyl (C=O) groups is 3. The number of morpholine rings is 1. The molecular formula is C39H47N5O4. The van der Waals surface area contributed by atoms with Crippen LogP contribution in [-0.4, -0.2) is 105 Å². The topological polar surface area (TPSA) is 76.6 Å². The Bertz CT molecular complexity index is 1600. The van der Waals surface area contributed by atoms with E-state index in [1.54, 1.807) is 4.90 Å². The van der Waals surface area contributed by atoms with Gasteiger partial charge in [-0.05, 0) is 79.8 Å². The first-order valence-corrected chi connectivity index (χ1v) is 17.5. The minimum absolute atomic E-state index is 0.0104. The molecule has 4 saturated heterocycles. The number of anilines is 2. The van der Waals surface area contributed by atoms with E-state index in [4.69, 9.17) is 4.74 Å². The number of amides is 3. The van der Waals surface area contributed by atoms with Crippen molar-refractivity contribution in [2.75, 3.05) is 81.9 Å². The van der Waals surface area contributed by atoms with E-state index in [9.17, 15) is 14.4 Å². The fraction of sp³-hybridized carbons (Fsp3) is 0.462. The molecule has 1 unspecified atom stereocenters. The first-order valence-electron chi connectivity index (χ1n) is 17.5. The Hall–Kier alpha value is -4.21. The minimum Gasteiger partial charge on any atom is -0.379 e. The van der Waals surface area contributed by atoms with Crippen LogP contribution in [0.15, 0.2) is 72.8 Å². The summed E-state index contributed by atoms with van der Waals surface area (Å²) >= 11 is 0. The van der Waals surface area contributed by atoms with Gasteiger partial charge in [-0.25, -0.2) is 0 Å². The molecule has 4 aliphatic rings. The van der Waals surface area contributed by atoms with Gasteiger partial charge in [-0.2, -0.15) is 0 Å². The van der Waals surface area contributed by atoms with Crippen molar-refractivity contribution < 1.29 is 19.1 Å². The van der Waals surface area contributed by atoms with Crippen molar-refractivity contribution in [3.05, 3.63) is 95.1 Å². The molecule has 4 aliphatic heterocycles. The maximum atomic E-state index is 13.8. The molecule has 252 valence electrons. The van der Waals surface area contributed by atoms with Crippen LogP contribution in [-0.2, 0) is 19.9 Å². The van der Waals surface area contributed by atoms with E-state index in [1.165, 1.54) is 22.4 Å². The summed E-state index contributed by atoms with van der Waals surface area (Å²) in [5, 5.41) is 0. The molecular weight excluding hydrogens is 602 g/mol. The van der Waals surface area contributed by atoms with Crippen molar-refractivity contribution in [1.82, 2.24) is 14.7 Å². The number of piperidine rings is 1. The lowest BCUT2D eigenvalue weighted by molar-refractivity contribution is -0.139. The summed E-state index contributed by atoms with van der Waals surface area (Å²) in [4.78, 5) is 50.8. The van der Waals surface area contributed by atoms with Crippen molar-refractivity contribution in [3.8, 4) is 0 Å². The standard InChI is InChI=1S/C39H47N5O4/c1-29-24-30(2)26-35(25-29)40-16-18-42(19-17-40)37(46)31-8-10-34(11-9-31)44-28-32(27-36(44)45)38(47)41-14-12-39(13-15-41,33-6-4-3-5-7-33)43-20-22-48-23-21-43/h3-11,24-26,32H,12-23,27-28H2,1-2H3. The maximum absolute atomic E-state index is 13.8. The Labute approximate surface area is 284 Å². The third-order valence-electron chi connectivity index (χ3n) is 10.9. The highest BCUT2D eigenvalue weighted by Gasteiger charge is 2.45. The van der Waals surface area contributed by atoms with Crippen molar-refractivity contribution >= 4 is 29.1 Å². The third kappa shape index (κ3) is 6.45. The van der Waals surface area contributed by atoms with Gasteiger partial charge in [0.05, 0.1) is 19.1 Å². The normalized spacial score (nSPS) is 21.9. The monoisotopic (exact) mass is 649 g/mol. The lowest BCUT2D eigenvalue weighted by Gasteiger charge is -2.50. The average Bonchev–Trinajstić information content (AvgIpc) is 3.53. The summed E-state index contributed by atoms with van der Waals surface area (Å²) in [6, 6.07) is 24.6. The molecule has 0 radical (unpaired) electrons. The quantitative estimate of drug-likeness (QED) is 0.393. The maximum Gasteiger partial charge on any atom is 0.253 e. The Kier molecular flexibility index (Phi) is 9.25. The molecule has 0 saturated carbocycles. The van der Waals surface area contributed by atoms with E-state index in [0.29, 0.717) is 38.3 Å². The lowest BCUT2D eigenvalue weighted by atomic mass is 9.78. The first kappa shape index (κ1) is 32.3. The van der Waals surface area contributed by atoms with Crippen LogP contribution in [0, 0.1) is 19.8 Å². The van der Waals surface area contributed by atoms with E-state index in [0.717, 1.165) is 57.9 Å². The Morgan fingerprint density at radius 1 is 0.729 bits per heavy atom. The zero-order valence-electron chi connectivity index (χ0n) is 28.3. The van der Waals surface area contributed by atoms with E-state index < -0.39 is 0 Å². The molecule has 0 bridgehead atoms. The fourth-order valence-corrected chi connectivity index (χ4v) is 8.27. The summed E-state index contributed by atoms with van der Waals surface area (Å²) in [6.45, 7) is 12.1. The largest absolute Gasteiger partial charge is 0.379 e. The van der Waals surface area contributed by atoms with E-state index >= 15 is 0 Å². The van der Waals surface area contributed by atoms with Gasteiger partial charge < -0.3 is 24.3 Å². The van der Waals surface area contributed by atoms with Gasteiger partial charge in [0.15, 0.2) is 0 Å². The van der Waals surface area contributed by atoms with Crippen LogP contribution >= 0.6 is 0 Å². The van der Waals surface area contributed by atoms with E-state index in [1.807, 2.05) is 34.1 Å². The number of benzene rings is 3. The summed E-state index contributed by atoms with van der Waals surface area (Å²) < 4.78 is 5.66. The smallest absolute Gasteiger partial charge is 0.253 e. The average molecular weight is 650 g/mol. The van der Waals surface area contributed by atoms with Gasteiger partial charge in [0.25, 0.3) is 5.91 Å². The number of nitrogens with zero attached hydrogens (tertiary/aromatic N) is 5. The van der Waals surface area contributed by atoms with Gasteiger partial charge in [0, 0.05) is 87.8 Å². The molecule has 9 nitrogen and oxygen atoms in total. The van der Waals surface area contributed by atoms with Crippen LogP contribution in [0.3, 0.4) is 0 Å². The summed E-state index contributed by atoms with van der Waals surface area (Å²) in [7, 11) is 0. The molecule has 3 aromatic carbocycles. The highest BCUT2D eigenvalue weighted by atomic mass is 16.5. The Morgan fingerprint density at radius 3 is 2.02 bits per heavy atom.